The van der Waals surface area contributed by atoms with Crippen LogP contribution in [-0.4, -0.2) is 59.1 Å². The average molecular weight is 382 g/mol. The fourth-order valence-electron chi connectivity index (χ4n) is 3.25. The third-order valence-corrected chi connectivity index (χ3v) is 4.92. The van der Waals surface area contributed by atoms with Crippen LogP contribution < -0.4 is 4.74 Å². The summed E-state index contributed by atoms with van der Waals surface area (Å²) in [5.41, 5.74) is 1.51. The second-order valence-corrected chi connectivity index (χ2v) is 6.70. The lowest BCUT2D eigenvalue weighted by atomic mass is 10.2. The van der Waals surface area contributed by atoms with E-state index in [4.69, 9.17) is 13.7 Å². The number of ether oxygens (including phenoxy) is 1. The molecule has 1 aliphatic heterocycles. The van der Waals surface area contributed by atoms with Crippen molar-refractivity contribution < 1.29 is 18.5 Å². The molecule has 4 rings (SSSR count). The van der Waals surface area contributed by atoms with Gasteiger partial charge < -0.3 is 18.6 Å². The maximum absolute atomic E-state index is 12.6. The number of carbonyl (C=O) groups is 1. The Hall–Kier alpha value is -3.13. The first-order valence-electron chi connectivity index (χ1n) is 9.17. The number of rotatable bonds is 5. The summed E-state index contributed by atoms with van der Waals surface area (Å²) in [6.07, 6.45) is 1.55. The Kier molecular flexibility index (Phi) is 5.12. The van der Waals surface area contributed by atoms with Crippen molar-refractivity contribution in [3.8, 4) is 17.1 Å². The molecule has 0 spiro atoms. The topological polar surface area (TPSA) is 84.8 Å². The van der Waals surface area contributed by atoms with Crippen LogP contribution in [-0.2, 0) is 6.54 Å². The highest BCUT2D eigenvalue weighted by Gasteiger charge is 2.25. The lowest BCUT2D eigenvalue weighted by molar-refractivity contribution is 0.0613. The van der Waals surface area contributed by atoms with Gasteiger partial charge in [0.15, 0.2) is 0 Å². The van der Waals surface area contributed by atoms with Crippen LogP contribution in [0, 0.1) is 6.92 Å². The first kappa shape index (κ1) is 18.2. The van der Waals surface area contributed by atoms with Gasteiger partial charge in [-0.25, -0.2) is 0 Å². The molecule has 0 aliphatic carbocycles. The van der Waals surface area contributed by atoms with Gasteiger partial charge in [0.05, 0.1) is 25.5 Å². The lowest BCUT2D eigenvalue weighted by Gasteiger charge is -2.33. The number of hydrogen-bond donors (Lipinski definition) is 0. The van der Waals surface area contributed by atoms with Crippen molar-refractivity contribution in [3.63, 3.8) is 0 Å². The van der Waals surface area contributed by atoms with Gasteiger partial charge >= 0.3 is 0 Å². The molecule has 0 atom stereocenters. The minimum absolute atomic E-state index is 0.0190. The molecule has 1 aromatic carbocycles. The van der Waals surface area contributed by atoms with Crippen molar-refractivity contribution in [2.75, 3.05) is 33.3 Å². The van der Waals surface area contributed by atoms with E-state index in [0.717, 1.165) is 24.4 Å². The van der Waals surface area contributed by atoms with Gasteiger partial charge in [-0.15, -0.1) is 0 Å². The molecule has 1 aliphatic rings. The zero-order chi connectivity index (χ0) is 19.5. The number of aromatic nitrogens is 2. The van der Waals surface area contributed by atoms with Crippen LogP contribution in [0.3, 0.4) is 0 Å². The van der Waals surface area contributed by atoms with Crippen LogP contribution in [0.4, 0.5) is 0 Å². The third-order valence-electron chi connectivity index (χ3n) is 4.92. The van der Waals surface area contributed by atoms with E-state index in [1.165, 1.54) is 0 Å². The molecular weight excluding hydrogens is 360 g/mol. The number of carbonyl (C=O) groups excluding carboxylic acids is 1. The third kappa shape index (κ3) is 3.77. The Morgan fingerprint density at radius 2 is 1.89 bits per heavy atom. The van der Waals surface area contributed by atoms with E-state index >= 15 is 0 Å². The van der Waals surface area contributed by atoms with Crippen molar-refractivity contribution in [2.45, 2.75) is 13.5 Å². The molecule has 0 radical (unpaired) electrons. The molecule has 3 heterocycles. The molecule has 8 nitrogen and oxygen atoms in total. The second kappa shape index (κ2) is 7.85. The van der Waals surface area contributed by atoms with E-state index in [1.54, 1.807) is 26.4 Å². The van der Waals surface area contributed by atoms with Crippen molar-refractivity contribution in [3.05, 3.63) is 53.8 Å². The highest BCUT2D eigenvalue weighted by atomic mass is 16.5. The molecule has 0 bridgehead atoms. The maximum Gasteiger partial charge on any atom is 0.257 e. The average Bonchev–Trinajstić information content (AvgIpc) is 3.37. The first-order valence-corrected chi connectivity index (χ1v) is 9.17. The van der Waals surface area contributed by atoms with Crippen LogP contribution in [0.15, 0.2) is 45.5 Å². The Labute approximate surface area is 162 Å². The van der Waals surface area contributed by atoms with Gasteiger partial charge in [-0.1, -0.05) is 5.16 Å². The van der Waals surface area contributed by atoms with Gasteiger partial charge in [0.1, 0.15) is 11.5 Å². The molecule has 1 saturated heterocycles. The highest BCUT2D eigenvalue weighted by molar-refractivity contribution is 5.95. The summed E-state index contributed by atoms with van der Waals surface area (Å²) in [7, 11) is 1.63. The number of benzene rings is 1. The molecule has 0 N–H and O–H groups in total. The van der Waals surface area contributed by atoms with Crippen LogP contribution in [0.5, 0.6) is 5.75 Å². The van der Waals surface area contributed by atoms with Crippen molar-refractivity contribution in [1.82, 2.24) is 19.9 Å². The van der Waals surface area contributed by atoms with E-state index in [0.29, 0.717) is 42.7 Å². The fraction of sp³-hybridized carbons (Fsp3) is 0.350. The molecule has 3 aromatic rings. The SMILES string of the molecule is COc1ccc(-c2noc(CN3CCN(C(=O)c4ccoc4C)CC3)n2)cc1. The summed E-state index contributed by atoms with van der Waals surface area (Å²) in [5, 5.41) is 4.07. The summed E-state index contributed by atoms with van der Waals surface area (Å²) in [4.78, 5) is 21.1. The normalized spacial score (nSPS) is 15.0. The van der Waals surface area contributed by atoms with Gasteiger partial charge in [0, 0.05) is 31.7 Å². The lowest BCUT2D eigenvalue weighted by Crippen LogP contribution is -2.48. The standard InChI is InChI=1S/C20H22N4O4/c1-14-17(7-12-27-14)20(25)24-10-8-23(9-11-24)13-18-21-19(22-28-18)15-3-5-16(26-2)6-4-15/h3-7,12H,8-11,13H2,1-2H3. The minimum Gasteiger partial charge on any atom is -0.497 e. The second-order valence-electron chi connectivity index (χ2n) is 6.70. The molecule has 8 heteroatoms. The summed E-state index contributed by atoms with van der Waals surface area (Å²) < 4.78 is 15.8. The number of methoxy groups -OCH3 is 1. The van der Waals surface area contributed by atoms with E-state index in [2.05, 4.69) is 15.0 Å². The Morgan fingerprint density at radius 1 is 1.14 bits per heavy atom. The van der Waals surface area contributed by atoms with Gasteiger partial charge in [-0.05, 0) is 37.3 Å². The Morgan fingerprint density at radius 3 is 2.54 bits per heavy atom. The predicted molar refractivity (Wildman–Crippen MR) is 101 cm³/mol. The number of furan rings is 1. The van der Waals surface area contributed by atoms with Crippen molar-refractivity contribution >= 4 is 5.91 Å². The zero-order valence-electron chi connectivity index (χ0n) is 15.9. The Balaban J connectivity index is 1.33. The smallest absolute Gasteiger partial charge is 0.257 e. The van der Waals surface area contributed by atoms with Crippen LogP contribution in [0.25, 0.3) is 11.4 Å². The van der Waals surface area contributed by atoms with E-state index in [-0.39, 0.29) is 5.91 Å². The van der Waals surface area contributed by atoms with Crippen LogP contribution in [0.1, 0.15) is 22.0 Å². The number of piperazine rings is 1. The molecule has 1 fully saturated rings. The van der Waals surface area contributed by atoms with E-state index in [1.807, 2.05) is 29.2 Å². The fourth-order valence-corrected chi connectivity index (χ4v) is 3.25. The zero-order valence-corrected chi connectivity index (χ0v) is 15.9. The Bertz CT molecular complexity index is 939. The number of aryl methyl sites for hydroxylation is 1. The van der Waals surface area contributed by atoms with Gasteiger partial charge in [-0.2, -0.15) is 4.98 Å². The molecule has 28 heavy (non-hydrogen) atoms. The summed E-state index contributed by atoms with van der Waals surface area (Å²) in [5.74, 6) is 2.58. The quantitative estimate of drug-likeness (QED) is 0.670. The van der Waals surface area contributed by atoms with E-state index in [9.17, 15) is 4.79 Å². The molecule has 0 saturated carbocycles. The molecule has 2 aromatic heterocycles. The monoisotopic (exact) mass is 382 g/mol. The van der Waals surface area contributed by atoms with Crippen LogP contribution >= 0.6 is 0 Å². The van der Waals surface area contributed by atoms with Crippen molar-refractivity contribution in [2.24, 2.45) is 0 Å². The van der Waals surface area contributed by atoms with Gasteiger partial charge in [0.2, 0.25) is 11.7 Å². The van der Waals surface area contributed by atoms with Gasteiger partial charge in [-0.3, -0.25) is 9.69 Å². The largest absolute Gasteiger partial charge is 0.497 e. The number of nitrogens with zero attached hydrogens (tertiary/aromatic N) is 4. The van der Waals surface area contributed by atoms with Crippen molar-refractivity contribution in [1.29, 1.82) is 0 Å². The summed E-state index contributed by atoms with van der Waals surface area (Å²) in [6, 6.07) is 9.25. The molecule has 1 amide bonds. The summed E-state index contributed by atoms with van der Waals surface area (Å²) in [6.45, 7) is 5.19. The highest BCUT2D eigenvalue weighted by Crippen LogP contribution is 2.20. The molecular formula is C20H22N4O4. The summed E-state index contributed by atoms with van der Waals surface area (Å²) >= 11 is 0. The molecule has 0 unspecified atom stereocenters. The predicted octanol–water partition coefficient (Wildman–Crippen LogP) is 2.60. The number of amides is 1. The van der Waals surface area contributed by atoms with Gasteiger partial charge in [0.25, 0.3) is 5.91 Å². The van der Waals surface area contributed by atoms with E-state index < -0.39 is 0 Å². The molecule has 146 valence electrons. The minimum atomic E-state index is 0.0190. The first-order chi connectivity index (χ1) is 13.6. The number of hydrogen-bond acceptors (Lipinski definition) is 7. The van der Waals surface area contributed by atoms with Crippen LogP contribution in [0.2, 0.25) is 0 Å². The maximum atomic E-state index is 12.6.